The first kappa shape index (κ1) is 24.1. The summed E-state index contributed by atoms with van der Waals surface area (Å²) < 4.78 is 45.4. The maximum Gasteiger partial charge on any atom is 0.359 e. The molecule has 2 aromatic rings. The van der Waals surface area contributed by atoms with Gasteiger partial charge in [-0.15, -0.1) is 0 Å². The van der Waals surface area contributed by atoms with Gasteiger partial charge in [0.05, 0.1) is 9.80 Å². The van der Waals surface area contributed by atoms with Crippen LogP contribution in [0.3, 0.4) is 0 Å². The Morgan fingerprint density at radius 2 is 1.88 bits per heavy atom. The summed E-state index contributed by atoms with van der Waals surface area (Å²) in [4.78, 5) is 17.0. The Morgan fingerprint density at radius 1 is 1.19 bits per heavy atom. The van der Waals surface area contributed by atoms with Crippen LogP contribution in [0.2, 0.25) is 0 Å². The van der Waals surface area contributed by atoms with E-state index in [1.165, 1.54) is 34.6 Å². The van der Waals surface area contributed by atoms with E-state index >= 15 is 0 Å². The van der Waals surface area contributed by atoms with Crippen molar-refractivity contribution in [2.45, 2.75) is 30.4 Å². The van der Waals surface area contributed by atoms with Crippen LogP contribution in [0.25, 0.3) is 0 Å². The maximum absolute atomic E-state index is 12.9. The number of hydrogen-bond acceptors (Lipinski definition) is 7. The van der Waals surface area contributed by atoms with Crippen LogP contribution in [0.1, 0.15) is 18.4 Å². The van der Waals surface area contributed by atoms with Gasteiger partial charge in [-0.05, 0) is 42.7 Å². The number of ether oxygens (including phenoxy) is 1. The van der Waals surface area contributed by atoms with Crippen LogP contribution < -0.4 is 10.1 Å². The summed E-state index contributed by atoms with van der Waals surface area (Å²) in [6, 6.07) is 9.95. The number of benzene rings is 2. The number of rotatable bonds is 11. The smallest absolute Gasteiger partial charge is 0.359 e. The molecule has 32 heavy (non-hydrogen) atoms. The molecule has 2 aromatic carbocycles. The van der Waals surface area contributed by atoms with Crippen molar-refractivity contribution in [3.8, 4) is 5.75 Å². The Hall–Kier alpha value is -2.60. The molecular weight excluding hydrogens is 441 g/mol. The van der Waals surface area contributed by atoms with Gasteiger partial charge in [-0.2, -0.15) is 4.31 Å². The van der Waals surface area contributed by atoms with Crippen LogP contribution in [0.5, 0.6) is 5.75 Å². The Kier molecular flexibility index (Phi) is 8.13. The molecule has 1 aliphatic heterocycles. The number of aliphatic hydroxyl groups excluding tert-OH is 1. The van der Waals surface area contributed by atoms with E-state index in [9.17, 15) is 22.8 Å². The number of aliphatic hydroxyl groups is 1. The Balaban J connectivity index is 1.62. The summed E-state index contributed by atoms with van der Waals surface area (Å²) in [5.41, 5.74) is 0.748. The van der Waals surface area contributed by atoms with Crippen molar-refractivity contribution >= 4 is 15.7 Å². The predicted octanol–water partition coefficient (Wildman–Crippen LogP) is 2.11. The number of halogens is 1. The largest absolute Gasteiger partial charge is 0.484 e. The zero-order valence-electron chi connectivity index (χ0n) is 17.7. The van der Waals surface area contributed by atoms with E-state index in [0.717, 1.165) is 25.5 Å². The van der Waals surface area contributed by atoms with E-state index in [1.807, 2.05) is 0 Å². The van der Waals surface area contributed by atoms with Gasteiger partial charge in [0, 0.05) is 32.2 Å². The van der Waals surface area contributed by atoms with E-state index in [-0.39, 0.29) is 40.2 Å². The maximum atomic E-state index is 12.9. The molecule has 0 aliphatic carbocycles. The van der Waals surface area contributed by atoms with E-state index < -0.39 is 16.1 Å². The third kappa shape index (κ3) is 6.00. The van der Waals surface area contributed by atoms with Crippen molar-refractivity contribution in [3.05, 3.63) is 58.8 Å². The first-order valence-electron chi connectivity index (χ1n) is 10.2. The van der Waals surface area contributed by atoms with Gasteiger partial charge in [-0.25, -0.2) is 17.6 Å². The fourth-order valence-electron chi connectivity index (χ4n) is 3.33. The highest BCUT2D eigenvalue weighted by molar-refractivity contribution is 7.89. The van der Waals surface area contributed by atoms with Crippen molar-refractivity contribution in [2.75, 3.05) is 33.4 Å². The number of nitrogens with zero attached hydrogens (tertiary/aromatic N) is 2. The number of hydrogen-bond donors (Lipinski definition) is 2. The molecule has 1 atom stereocenters. The van der Waals surface area contributed by atoms with E-state index in [4.69, 9.17) is 4.74 Å². The quantitative estimate of drug-likeness (QED) is 0.486. The minimum absolute atomic E-state index is 0.0267. The molecule has 2 N–H and O–H groups in total. The molecule has 1 aliphatic rings. The SMILES string of the molecule is CO[N+](=O)c1cc(S(=O)(=O)N2CCCC2)ccc1OCC(O)CNCc1ccc(F)cc1. The molecule has 0 aromatic heterocycles. The average molecular weight is 469 g/mol. The second-order valence-electron chi connectivity index (χ2n) is 7.40. The highest BCUT2D eigenvalue weighted by Gasteiger charge is 2.31. The molecule has 9 nitrogen and oxygen atoms in total. The molecule has 11 heteroatoms. The van der Waals surface area contributed by atoms with E-state index in [1.54, 1.807) is 12.1 Å². The highest BCUT2D eigenvalue weighted by atomic mass is 32.2. The van der Waals surface area contributed by atoms with Crippen molar-refractivity contribution in [3.63, 3.8) is 0 Å². The van der Waals surface area contributed by atoms with Crippen molar-refractivity contribution in [1.82, 2.24) is 9.62 Å². The van der Waals surface area contributed by atoms with Gasteiger partial charge in [-0.1, -0.05) is 12.1 Å². The molecule has 0 amide bonds. The van der Waals surface area contributed by atoms with Gasteiger partial charge in [0.15, 0.2) is 7.11 Å². The fraction of sp³-hybridized carbons (Fsp3) is 0.429. The van der Waals surface area contributed by atoms with Crippen LogP contribution >= 0.6 is 0 Å². The lowest BCUT2D eigenvalue weighted by molar-refractivity contribution is -0.737. The molecule has 0 saturated carbocycles. The second-order valence-corrected chi connectivity index (χ2v) is 9.34. The van der Waals surface area contributed by atoms with Crippen molar-refractivity contribution in [2.24, 2.45) is 0 Å². The van der Waals surface area contributed by atoms with Gasteiger partial charge in [0.2, 0.25) is 15.8 Å². The van der Waals surface area contributed by atoms with Gasteiger partial charge in [0.25, 0.3) is 4.92 Å². The topological polar surface area (TPSA) is 108 Å². The van der Waals surface area contributed by atoms with Gasteiger partial charge in [0.1, 0.15) is 18.5 Å². The standard InChI is InChI=1S/C21H27FN3O6S/c1-30-25(27)20-12-19(32(28,29)24-10-2-3-11-24)8-9-21(20)31-15-18(26)14-23-13-16-4-6-17(22)7-5-16/h4-9,12,18,23,26H,2-3,10-11,13-15H2,1H3/q+1. The third-order valence-electron chi connectivity index (χ3n) is 5.05. The summed E-state index contributed by atoms with van der Waals surface area (Å²) in [6.07, 6.45) is 0.692. The monoisotopic (exact) mass is 468 g/mol. The summed E-state index contributed by atoms with van der Waals surface area (Å²) in [5, 5.41) is 13.2. The Morgan fingerprint density at radius 3 is 2.53 bits per heavy atom. The first-order valence-corrected chi connectivity index (χ1v) is 11.7. The van der Waals surface area contributed by atoms with E-state index in [2.05, 4.69) is 10.2 Å². The molecule has 0 spiro atoms. The van der Waals surface area contributed by atoms with Gasteiger partial charge < -0.3 is 15.2 Å². The van der Waals surface area contributed by atoms with Gasteiger partial charge >= 0.3 is 5.69 Å². The summed E-state index contributed by atoms with van der Waals surface area (Å²) in [6.45, 7) is 1.37. The lowest BCUT2D eigenvalue weighted by atomic mass is 10.2. The molecule has 1 unspecified atom stereocenters. The minimum atomic E-state index is -3.72. The zero-order chi connectivity index (χ0) is 23.1. The Bertz CT molecular complexity index is 1030. The normalized spacial score (nSPS) is 15.5. The molecule has 174 valence electrons. The molecular formula is C21H27FN3O6S+. The summed E-state index contributed by atoms with van der Waals surface area (Å²) in [5.74, 6) is -0.236. The predicted molar refractivity (Wildman–Crippen MR) is 114 cm³/mol. The second kappa shape index (κ2) is 10.8. The third-order valence-corrected chi connectivity index (χ3v) is 6.94. The van der Waals surface area contributed by atoms with Crippen molar-refractivity contribution < 1.29 is 32.4 Å². The molecule has 0 radical (unpaired) electrons. The zero-order valence-corrected chi connectivity index (χ0v) is 18.6. The number of sulfonamides is 1. The highest BCUT2D eigenvalue weighted by Crippen LogP contribution is 2.32. The molecule has 1 heterocycles. The summed E-state index contributed by atoms with van der Waals surface area (Å²) in [7, 11) is -2.56. The Labute approximate surface area is 186 Å². The minimum Gasteiger partial charge on any atom is -0.484 e. The average Bonchev–Trinajstić information content (AvgIpc) is 3.34. The molecule has 3 rings (SSSR count). The van der Waals surface area contributed by atoms with Crippen LogP contribution in [-0.2, 0) is 21.4 Å². The number of nitrogens with one attached hydrogen (secondary N) is 1. The fourth-order valence-corrected chi connectivity index (χ4v) is 4.87. The van der Waals surface area contributed by atoms with Gasteiger partial charge in [-0.3, -0.25) is 0 Å². The van der Waals surface area contributed by atoms with Crippen LogP contribution in [-0.4, -0.2) is 62.2 Å². The molecule has 0 bridgehead atoms. The lowest BCUT2D eigenvalue weighted by Gasteiger charge is -2.16. The molecule has 1 saturated heterocycles. The molecule has 1 fully saturated rings. The van der Waals surface area contributed by atoms with Crippen LogP contribution in [0.15, 0.2) is 47.4 Å². The first-order chi connectivity index (χ1) is 15.3. The van der Waals surface area contributed by atoms with Crippen LogP contribution in [0.4, 0.5) is 10.1 Å². The van der Waals surface area contributed by atoms with Crippen molar-refractivity contribution in [1.29, 1.82) is 0 Å². The lowest BCUT2D eigenvalue weighted by Crippen LogP contribution is -2.31. The van der Waals surface area contributed by atoms with Crippen LogP contribution in [0, 0.1) is 10.7 Å². The summed E-state index contributed by atoms with van der Waals surface area (Å²) >= 11 is 0. The van der Waals surface area contributed by atoms with E-state index in [0.29, 0.717) is 19.6 Å².